The SMILES string of the molecule is COc1cc(/C=N/NC2=NCCCCC2)cc(OC)c1OC.Cl. The Morgan fingerprint density at radius 2 is 1.74 bits per heavy atom. The van der Waals surface area contributed by atoms with Gasteiger partial charge in [0.15, 0.2) is 11.5 Å². The van der Waals surface area contributed by atoms with E-state index in [0.717, 1.165) is 37.2 Å². The van der Waals surface area contributed by atoms with E-state index in [9.17, 15) is 0 Å². The fourth-order valence-corrected chi connectivity index (χ4v) is 2.32. The first-order valence-corrected chi connectivity index (χ1v) is 7.41. The molecular weight excluding hydrogens is 318 g/mol. The molecule has 1 N–H and O–H groups in total. The second-order valence-electron chi connectivity index (χ2n) is 4.97. The van der Waals surface area contributed by atoms with E-state index in [1.807, 2.05) is 12.1 Å². The lowest BCUT2D eigenvalue weighted by Gasteiger charge is -2.12. The highest BCUT2D eigenvalue weighted by atomic mass is 35.5. The molecule has 7 heteroatoms. The highest BCUT2D eigenvalue weighted by molar-refractivity contribution is 5.86. The third-order valence-electron chi connectivity index (χ3n) is 3.47. The lowest BCUT2D eigenvalue weighted by Crippen LogP contribution is -2.17. The van der Waals surface area contributed by atoms with Crippen LogP contribution in [-0.4, -0.2) is 39.9 Å². The molecule has 1 heterocycles. The maximum Gasteiger partial charge on any atom is 0.203 e. The summed E-state index contributed by atoms with van der Waals surface area (Å²) >= 11 is 0. The Kier molecular flexibility index (Phi) is 8.26. The van der Waals surface area contributed by atoms with Crippen molar-refractivity contribution < 1.29 is 14.2 Å². The summed E-state index contributed by atoms with van der Waals surface area (Å²) in [5.74, 6) is 2.73. The van der Waals surface area contributed by atoms with Crippen LogP contribution in [0.5, 0.6) is 17.2 Å². The zero-order chi connectivity index (χ0) is 15.8. The predicted octanol–water partition coefficient (Wildman–Crippen LogP) is 3.03. The number of methoxy groups -OCH3 is 3. The van der Waals surface area contributed by atoms with Crippen LogP contribution in [0.3, 0.4) is 0 Å². The summed E-state index contributed by atoms with van der Waals surface area (Å²) in [6.45, 7) is 0.877. The van der Waals surface area contributed by atoms with Crippen molar-refractivity contribution in [1.29, 1.82) is 0 Å². The minimum atomic E-state index is 0. The quantitative estimate of drug-likeness (QED) is 0.660. The molecule has 0 aromatic heterocycles. The van der Waals surface area contributed by atoms with Gasteiger partial charge >= 0.3 is 0 Å². The molecule has 1 aromatic carbocycles. The summed E-state index contributed by atoms with van der Waals surface area (Å²) in [6, 6.07) is 3.70. The Morgan fingerprint density at radius 1 is 1.04 bits per heavy atom. The maximum atomic E-state index is 5.32. The van der Waals surface area contributed by atoms with Crippen LogP contribution in [0.15, 0.2) is 22.2 Å². The average Bonchev–Trinajstić information content (AvgIpc) is 2.82. The Morgan fingerprint density at radius 3 is 2.35 bits per heavy atom. The van der Waals surface area contributed by atoms with Crippen LogP contribution < -0.4 is 19.6 Å². The number of ether oxygens (including phenoxy) is 3. The van der Waals surface area contributed by atoms with Gasteiger partial charge in [0, 0.05) is 18.5 Å². The minimum absolute atomic E-state index is 0. The molecular formula is C16H24ClN3O3. The topological polar surface area (TPSA) is 64.4 Å². The summed E-state index contributed by atoms with van der Waals surface area (Å²) in [7, 11) is 4.77. The van der Waals surface area contributed by atoms with Gasteiger partial charge in [-0.1, -0.05) is 6.42 Å². The number of hydrazone groups is 1. The van der Waals surface area contributed by atoms with Crippen molar-refractivity contribution >= 4 is 24.5 Å². The second-order valence-corrected chi connectivity index (χ2v) is 4.97. The highest BCUT2D eigenvalue weighted by Gasteiger charge is 2.12. The third kappa shape index (κ3) is 5.32. The number of hydrogen-bond donors (Lipinski definition) is 1. The molecule has 0 unspecified atom stereocenters. The molecule has 0 aliphatic carbocycles. The van der Waals surface area contributed by atoms with E-state index in [1.54, 1.807) is 27.5 Å². The van der Waals surface area contributed by atoms with Gasteiger partial charge in [-0.3, -0.25) is 10.4 Å². The summed E-state index contributed by atoms with van der Waals surface area (Å²) in [5, 5.41) is 4.26. The van der Waals surface area contributed by atoms with Gasteiger partial charge in [-0.15, -0.1) is 12.4 Å². The van der Waals surface area contributed by atoms with Crippen molar-refractivity contribution in [2.45, 2.75) is 25.7 Å². The van der Waals surface area contributed by atoms with Gasteiger partial charge in [0.1, 0.15) is 5.84 Å². The normalized spacial score (nSPS) is 14.5. The molecule has 1 aliphatic rings. The molecule has 1 aliphatic heterocycles. The molecule has 0 amide bonds. The summed E-state index contributed by atoms with van der Waals surface area (Å²) < 4.78 is 15.9. The molecule has 1 aromatic rings. The molecule has 128 valence electrons. The largest absolute Gasteiger partial charge is 0.493 e. The Hall–Kier alpha value is -1.95. The number of nitrogens with one attached hydrogen (secondary N) is 1. The van der Waals surface area contributed by atoms with Crippen LogP contribution in [0.1, 0.15) is 31.2 Å². The number of rotatable bonds is 5. The maximum absolute atomic E-state index is 5.32. The number of amidine groups is 1. The monoisotopic (exact) mass is 341 g/mol. The molecule has 6 nitrogen and oxygen atoms in total. The molecule has 0 radical (unpaired) electrons. The summed E-state index contributed by atoms with van der Waals surface area (Å²) in [5.41, 5.74) is 3.88. The van der Waals surface area contributed by atoms with Crippen molar-refractivity contribution in [2.75, 3.05) is 27.9 Å². The minimum Gasteiger partial charge on any atom is -0.493 e. The second kappa shape index (κ2) is 9.94. The van der Waals surface area contributed by atoms with Crippen LogP contribution in [-0.2, 0) is 0 Å². The van der Waals surface area contributed by atoms with Gasteiger partial charge in [0.2, 0.25) is 5.75 Å². The van der Waals surface area contributed by atoms with E-state index in [-0.39, 0.29) is 12.4 Å². The zero-order valence-electron chi connectivity index (χ0n) is 13.8. The lowest BCUT2D eigenvalue weighted by molar-refractivity contribution is 0.324. The van der Waals surface area contributed by atoms with E-state index in [2.05, 4.69) is 15.5 Å². The Labute approximate surface area is 143 Å². The van der Waals surface area contributed by atoms with Crippen molar-refractivity contribution in [3.63, 3.8) is 0 Å². The van der Waals surface area contributed by atoms with E-state index < -0.39 is 0 Å². The first-order chi connectivity index (χ1) is 10.8. The van der Waals surface area contributed by atoms with Crippen molar-refractivity contribution in [2.24, 2.45) is 10.1 Å². The van der Waals surface area contributed by atoms with Gasteiger partial charge in [-0.25, -0.2) is 0 Å². The van der Waals surface area contributed by atoms with Crippen LogP contribution in [0.25, 0.3) is 0 Å². The number of aliphatic imine (C=N–C) groups is 1. The first-order valence-electron chi connectivity index (χ1n) is 7.41. The number of halogens is 1. The van der Waals surface area contributed by atoms with E-state index in [4.69, 9.17) is 14.2 Å². The van der Waals surface area contributed by atoms with Gasteiger partial charge in [-0.2, -0.15) is 5.10 Å². The highest BCUT2D eigenvalue weighted by Crippen LogP contribution is 2.37. The molecule has 2 rings (SSSR count). The predicted molar refractivity (Wildman–Crippen MR) is 94.8 cm³/mol. The van der Waals surface area contributed by atoms with E-state index in [0.29, 0.717) is 17.2 Å². The van der Waals surface area contributed by atoms with Gasteiger partial charge in [-0.05, 0) is 25.0 Å². The van der Waals surface area contributed by atoms with Crippen molar-refractivity contribution in [3.05, 3.63) is 17.7 Å². The van der Waals surface area contributed by atoms with Gasteiger partial charge in [0.05, 0.1) is 27.5 Å². The summed E-state index contributed by atoms with van der Waals surface area (Å²) in [4.78, 5) is 4.47. The Bertz CT molecular complexity index is 536. The van der Waals surface area contributed by atoms with Crippen LogP contribution in [0.2, 0.25) is 0 Å². The van der Waals surface area contributed by atoms with Crippen LogP contribution >= 0.6 is 12.4 Å². The molecule has 0 fully saturated rings. The van der Waals surface area contributed by atoms with E-state index in [1.165, 1.54) is 6.42 Å². The zero-order valence-corrected chi connectivity index (χ0v) is 14.6. The van der Waals surface area contributed by atoms with Gasteiger partial charge in [0.25, 0.3) is 0 Å². The van der Waals surface area contributed by atoms with Crippen molar-refractivity contribution in [1.82, 2.24) is 5.43 Å². The Balaban J connectivity index is 0.00000264. The fraction of sp³-hybridized carbons (Fsp3) is 0.500. The van der Waals surface area contributed by atoms with E-state index >= 15 is 0 Å². The summed E-state index contributed by atoms with van der Waals surface area (Å²) in [6.07, 6.45) is 6.21. The molecule has 0 bridgehead atoms. The van der Waals surface area contributed by atoms with Crippen molar-refractivity contribution in [3.8, 4) is 17.2 Å². The fourth-order valence-electron chi connectivity index (χ4n) is 2.32. The average molecular weight is 342 g/mol. The first kappa shape index (κ1) is 19.1. The third-order valence-corrected chi connectivity index (χ3v) is 3.47. The smallest absolute Gasteiger partial charge is 0.203 e. The van der Waals surface area contributed by atoms with Crippen LogP contribution in [0, 0.1) is 0 Å². The van der Waals surface area contributed by atoms with Crippen LogP contribution in [0.4, 0.5) is 0 Å². The molecule has 23 heavy (non-hydrogen) atoms. The standard InChI is InChI=1S/C16H23N3O3.ClH/c1-20-13-9-12(10-14(21-2)16(13)22-3)11-18-19-15-7-5-4-6-8-17-15;/h9-11H,4-8H2,1-3H3,(H,17,19);1H/b18-11+;. The molecule has 0 spiro atoms. The number of nitrogens with zero attached hydrogens (tertiary/aromatic N) is 2. The molecule has 0 saturated carbocycles. The number of hydrogen-bond acceptors (Lipinski definition) is 6. The molecule has 0 atom stereocenters. The lowest BCUT2D eigenvalue weighted by atomic mass is 10.2. The number of benzene rings is 1. The molecule has 0 saturated heterocycles. The van der Waals surface area contributed by atoms with Gasteiger partial charge < -0.3 is 14.2 Å².